The Morgan fingerprint density at radius 1 is 0.809 bits per heavy atom. The van der Waals surface area contributed by atoms with Gasteiger partial charge in [-0.2, -0.15) is 0 Å². The first-order valence-corrected chi connectivity index (χ1v) is 23.5. The number of aryl methyl sites for hydroxylation is 1. The molecular formula is C43H77NO2Si. The molecule has 3 nitrogen and oxygen atoms in total. The first-order valence-electron chi connectivity index (χ1n) is 20.6. The van der Waals surface area contributed by atoms with E-state index in [1.165, 1.54) is 134 Å². The van der Waals surface area contributed by atoms with Gasteiger partial charge in [-0.3, -0.25) is 0 Å². The summed E-state index contributed by atoms with van der Waals surface area (Å²) in [7, 11) is -1.85. The highest BCUT2D eigenvalue weighted by Gasteiger charge is 2.61. The molecule has 0 aliphatic heterocycles. The van der Waals surface area contributed by atoms with Crippen molar-refractivity contribution >= 4 is 8.32 Å². The van der Waals surface area contributed by atoms with Crippen molar-refractivity contribution in [2.45, 2.75) is 200 Å². The molecule has 0 saturated heterocycles. The first kappa shape index (κ1) is 39.0. The minimum Gasteiger partial charge on any atom is -0.543 e. The zero-order chi connectivity index (χ0) is 34.1. The van der Waals surface area contributed by atoms with Crippen molar-refractivity contribution in [1.82, 2.24) is 4.90 Å². The average molecular weight is 668 g/mol. The van der Waals surface area contributed by atoms with Gasteiger partial charge in [0, 0.05) is 0 Å². The molecule has 4 rings (SSSR count). The van der Waals surface area contributed by atoms with Crippen LogP contribution < -0.4 is 4.43 Å². The van der Waals surface area contributed by atoms with Gasteiger partial charge in [-0.15, -0.1) is 0 Å². The number of unbranched alkanes of at least 4 members (excludes halogenated alkanes) is 10. The van der Waals surface area contributed by atoms with Crippen LogP contribution in [0.15, 0.2) is 18.2 Å². The van der Waals surface area contributed by atoms with Crippen molar-refractivity contribution in [1.29, 1.82) is 0 Å². The predicted octanol–water partition coefficient (Wildman–Crippen LogP) is 12.5. The van der Waals surface area contributed by atoms with Gasteiger partial charge in [-0.25, -0.2) is 0 Å². The number of hydrogen-bond acceptors (Lipinski definition) is 3. The van der Waals surface area contributed by atoms with Crippen molar-refractivity contribution in [3.63, 3.8) is 0 Å². The Labute approximate surface area is 293 Å². The normalized spacial score (nSPS) is 27.5. The highest BCUT2D eigenvalue weighted by atomic mass is 28.4. The molecule has 0 aromatic heterocycles. The minimum atomic E-state index is -1.85. The molecule has 0 spiro atoms. The van der Waals surface area contributed by atoms with E-state index >= 15 is 0 Å². The van der Waals surface area contributed by atoms with Gasteiger partial charge in [0.1, 0.15) is 5.75 Å². The summed E-state index contributed by atoms with van der Waals surface area (Å²) < 4.78 is 6.72. The van der Waals surface area contributed by atoms with E-state index in [-0.39, 0.29) is 10.5 Å². The average Bonchev–Trinajstić information content (AvgIpc) is 3.29. The van der Waals surface area contributed by atoms with Gasteiger partial charge < -0.3 is 14.4 Å². The van der Waals surface area contributed by atoms with Gasteiger partial charge in [-0.1, -0.05) is 112 Å². The monoisotopic (exact) mass is 668 g/mol. The summed E-state index contributed by atoms with van der Waals surface area (Å²) in [6.45, 7) is 22.5. The van der Waals surface area contributed by atoms with Gasteiger partial charge in [0.2, 0.25) is 8.32 Å². The number of hydrogen-bond donors (Lipinski definition) is 1. The molecule has 47 heavy (non-hydrogen) atoms. The summed E-state index contributed by atoms with van der Waals surface area (Å²) in [6.07, 6.45) is 25.7. The third-order valence-corrected chi connectivity index (χ3v) is 18.3. The zero-order valence-electron chi connectivity index (χ0n) is 32.5. The lowest BCUT2D eigenvalue weighted by molar-refractivity contribution is -0.108. The Morgan fingerprint density at radius 2 is 1.40 bits per heavy atom. The molecule has 270 valence electrons. The minimum absolute atomic E-state index is 0.0699. The van der Waals surface area contributed by atoms with Crippen LogP contribution in [-0.4, -0.2) is 43.6 Å². The van der Waals surface area contributed by atoms with Crippen LogP contribution >= 0.6 is 0 Å². The van der Waals surface area contributed by atoms with Crippen molar-refractivity contribution in [2.75, 3.05) is 19.6 Å². The molecule has 3 aliphatic carbocycles. The Balaban J connectivity index is 1.33. The van der Waals surface area contributed by atoms with Crippen LogP contribution in [-0.2, 0) is 6.42 Å². The molecular weight excluding hydrogens is 591 g/mol. The molecule has 3 unspecified atom stereocenters. The fraction of sp³-hybridized carbons (Fsp3) is 0.860. The lowest BCUT2D eigenvalue weighted by Gasteiger charge is -2.53. The third kappa shape index (κ3) is 9.69. The van der Waals surface area contributed by atoms with Crippen molar-refractivity contribution in [2.24, 2.45) is 17.3 Å². The quantitative estimate of drug-likeness (QED) is 0.111. The molecule has 0 heterocycles. The van der Waals surface area contributed by atoms with E-state index in [2.05, 4.69) is 77.7 Å². The summed E-state index contributed by atoms with van der Waals surface area (Å²) in [6, 6.07) is 7.11. The number of aliphatic hydroxyl groups is 1. The molecule has 1 N–H and O–H groups in total. The summed E-state index contributed by atoms with van der Waals surface area (Å²) in [5.74, 6) is 3.13. The van der Waals surface area contributed by atoms with E-state index in [0.717, 1.165) is 30.9 Å². The van der Waals surface area contributed by atoms with Crippen LogP contribution in [0.3, 0.4) is 0 Å². The van der Waals surface area contributed by atoms with E-state index in [9.17, 15) is 5.11 Å². The highest BCUT2D eigenvalue weighted by molar-refractivity contribution is 6.74. The molecule has 1 aromatic carbocycles. The van der Waals surface area contributed by atoms with Crippen LogP contribution in [0.5, 0.6) is 5.75 Å². The summed E-state index contributed by atoms with van der Waals surface area (Å²) in [5.41, 5.74) is 2.72. The maximum atomic E-state index is 12.4. The standard InChI is InChI=1S/C43H77NO2Si/c1-9-11-13-15-17-19-31-44(32-20-18-16-14-12-10-2)33-21-28-43(45)30-27-40-39-24-22-35-34-36(46-47(7,8)41(3,4)5)23-25-37(35)38(39)26-29-42(40,43)6/h23,25,34,38-40,45H,9-22,24,26-33H2,1-8H3/t38?,39?,40?,42-,43-/m0/s1. The van der Waals surface area contributed by atoms with Crippen LogP contribution in [0.1, 0.15) is 181 Å². The van der Waals surface area contributed by atoms with Crippen molar-refractivity contribution in [3.8, 4) is 5.75 Å². The summed E-state index contributed by atoms with van der Waals surface area (Å²) >= 11 is 0. The SMILES string of the molecule is CCCCCCCCN(CCCCCCCC)CCC[C@]1(O)CCC2C3CCc4cc(O[Si](C)(C)C(C)(C)C)ccc4C3CC[C@@]21C. The van der Waals surface area contributed by atoms with Gasteiger partial charge in [0.25, 0.3) is 0 Å². The van der Waals surface area contributed by atoms with Gasteiger partial charge >= 0.3 is 0 Å². The maximum Gasteiger partial charge on any atom is 0.250 e. The second kappa shape index (κ2) is 17.4. The van der Waals surface area contributed by atoms with E-state index in [0.29, 0.717) is 11.8 Å². The van der Waals surface area contributed by atoms with E-state index in [1.54, 1.807) is 5.56 Å². The second-order valence-corrected chi connectivity index (χ2v) is 22.9. The lowest BCUT2D eigenvalue weighted by atomic mass is 9.53. The number of benzene rings is 1. The second-order valence-electron chi connectivity index (χ2n) is 18.1. The zero-order valence-corrected chi connectivity index (χ0v) is 33.5. The Hall–Kier alpha value is -0.843. The molecule has 1 aromatic rings. The van der Waals surface area contributed by atoms with E-state index in [4.69, 9.17) is 4.43 Å². The number of rotatable bonds is 20. The number of fused-ring (bicyclic) bond motifs is 5. The maximum absolute atomic E-state index is 12.4. The van der Waals surface area contributed by atoms with Crippen LogP contribution in [0.4, 0.5) is 0 Å². The van der Waals surface area contributed by atoms with Gasteiger partial charge in [-0.05, 0) is 148 Å². The Bertz CT molecular complexity index is 1060. The highest BCUT2D eigenvalue weighted by Crippen LogP contribution is 2.65. The lowest BCUT2D eigenvalue weighted by Crippen LogP contribution is -2.51. The fourth-order valence-corrected chi connectivity index (χ4v) is 10.8. The molecule has 2 saturated carbocycles. The van der Waals surface area contributed by atoms with Crippen LogP contribution in [0, 0.1) is 17.3 Å². The van der Waals surface area contributed by atoms with Crippen molar-refractivity contribution in [3.05, 3.63) is 29.3 Å². The van der Waals surface area contributed by atoms with Crippen molar-refractivity contribution < 1.29 is 9.53 Å². The molecule has 0 bridgehead atoms. The molecule has 3 aliphatic rings. The smallest absolute Gasteiger partial charge is 0.250 e. The Morgan fingerprint density at radius 3 is 2.02 bits per heavy atom. The van der Waals surface area contributed by atoms with Crippen LogP contribution in [0.25, 0.3) is 0 Å². The van der Waals surface area contributed by atoms with Crippen LogP contribution in [0.2, 0.25) is 18.1 Å². The fourth-order valence-electron chi connectivity index (χ4n) is 9.75. The summed E-state index contributed by atoms with van der Waals surface area (Å²) in [5, 5.41) is 12.6. The third-order valence-electron chi connectivity index (χ3n) is 13.9. The topological polar surface area (TPSA) is 32.7 Å². The molecule has 0 amide bonds. The van der Waals surface area contributed by atoms with E-state index < -0.39 is 13.9 Å². The molecule has 4 heteroatoms. The Kier molecular flexibility index (Phi) is 14.4. The molecule has 5 atom stereocenters. The van der Waals surface area contributed by atoms with Gasteiger partial charge in [0.05, 0.1) is 5.60 Å². The molecule has 2 fully saturated rings. The van der Waals surface area contributed by atoms with E-state index in [1.807, 2.05) is 0 Å². The predicted molar refractivity (Wildman–Crippen MR) is 206 cm³/mol. The summed E-state index contributed by atoms with van der Waals surface area (Å²) in [4.78, 5) is 2.77. The molecule has 0 radical (unpaired) electrons. The van der Waals surface area contributed by atoms with Gasteiger partial charge in [0.15, 0.2) is 0 Å². The largest absolute Gasteiger partial charge is 0.543 e. The first-order chi connectivity index (χ1) is 22.3. The number of nitrogens with zero attached hydrogens (tertiary/aromatic N) is 1.